The predicted octanol–water partition coefficient (Wildman–Crippen LogP) is 1.06. The van der Waals surface area contributed by atoms with Crippen LogP contribution >= 0.6 is 0 Å². The minimum atomic E-state index is -3.44. The lowest BCUT2D eigenvalue weighted by atomic mass is 9.85. The molecule has 1 heterocycles. The van der Waals surface area contributed by atoms with E-state index in [0.717, 1.165) is 25.7 Å². The van der Waals surface area contributed by atoms with Crippen molar-refractivity contribution in [3.05, 3.63) is 0 Å². The van der Waals surface area contributed by atoms with Gasteiger partial charge in [0.25, 0.3) is 0 Å². The number of carbonyl (C=O) groups excluding carboxylic acids is 1. The van der Waals surface area contributed by atoms with Crippen LogP contribution in [0, 0.1) is 5.92 Å². The molecule has 1 amide bonds. The van der Waals surface area contributed by atoms with Gasteiger partial charge in [-0.1, -0.05) is 19.8 Å². The Morgan fingerprint density at radius 2 is 1.90 bits per heavy atom. The van der Waals surface area contributed by atoms with Crippen LogP contribution in [0.5, 0.6) is 0 Å². The summed E-state index contributed by atoms with van der Waals surface area (Å²) in [5.74, 6) is -1.94. The van der Waals surface area contributed by atoms with Gasteiger partial charge >= 0.3 is 5.97 Å². The first-order chi connectivity index (χ1) is 9.85. The number of sulfone groups is 1. The van der Waals surface area contributed by atoms with E-state index in [2.05, 4.69) is 0 Å². The summed E-state index contributed by atoms with van der Waals surface area (Å²) in [6.45, 7) is 1.75. The van der Waals surface area contributed by atoms with Crippen LogP contribution < -0.4 is 0 Å². The molecule has 0 aromatic heterocycles. The summed E-state index contributed by atoms with van der Waals surface area (Å²) in [6.07, 6.45) is 4.67. The fourth-order valence-corrected chi connectivity index (χ4v) is 4.98. The van der Waals surface area contributed by atoms with E-state index in [-0.39, 0.29) is 17.7 Å². The molecule has 0 aromatic rings. The number of carboxylic acid groups (broad SMARTS) is 1. The van der Waals surface area contributed by atoms with E-state index < -0.39 is 33.5 Å². The summed E-state index contributed by atoms with van der Waals surface area (Å²) in [6, 6.07) is -0.952. The van der Waals surface area contributed by atoms with Crippen LogP contribution in [0.1, 0.15) is 45.4 Å². The Balaban J connectivity index is 2.17. The van der Waals surface area contributed by atoms with Crippen LogP contribution in [0.15, 0.2) is 0 Å². The summed E-state index contributed by atoms with van der Waals surface area (Å²) < 4.78 is 23.7. The molecule has 0 aromatic carbocycles. The molecule has 2 aliphatic rings. The third kappa shape index (κ3) is 3.56. The summed E-state index contributed by atoms with van der Waals surface area (Å²) in [4.78, 5) is 25.2. The second-order valence-electron chi connectivity index (χ2n) is 6.09. The molecular formula is C14H23NO5S. The number of aliphatic carboxylic acids is 1. The maximum absolute atomic E-state index is 12.4. The molecule has 0 unspecified atom stereocenters. The van der Waals surface area contributed by atoms with Crippen molar-refractivity contribution in [2.45, 2.75) is 57.5 Å². The highest BCUT2D eigenvalue weighted by Crippen LogP contribution is 2.39. The molecule has 2 rings (SSSR count). The smallest absolute Gasteiger partial charge is 0.326 e. The number of nitrogens with zero attached hydrogens (tertiary/aromatic N) is 1. The predicted molar refractivity (Wildman–Crippen MR) is 77.6 cm³/mol. The molecule has 1 saturated carbocycles. The molecule has 21 heavy (non-hydrogen) atoms. The normalized spacial score (nSPS) is 29.2. The lowest BCUT2D eigenvalue weighted by Gasteiger charge is -2.33. The molecule has 0 radical (unpaired) electrons. The van der Waals surface area contributed by atoms with Crippen molar-refractivity contribution >= 4 is 21.7 Å². The summed E-state index contributed by atoms with van der Waals surface area (Å²) in [5, 5.41) is 9.34. The van der Waals surface area contributed by atoms with E-state index in [9.17, 15) is 23.1 Å². The number of rotatable bonds is 5. The molecule has 0 spiro atoms. The maximum Gasteiger partial charge on any atom is 0.326 e. The third-order valence-electron chi connectivity index (χ3n) is 4.52. The average molecular weight is 317 g/mol. The summed E-state index contributed by atoms with van der Waals surface area (Å²) in [5.41, 5.74) is 0. The Labute approximate surface area is 125 Å². The number of hydrogen-bond donors (Lipinski definition) is 1. The molecule has 1 N–H and O–H groups in total. The Morgan fingerprint density at radius 3 is 2.52 bits per heavy atom. The van der Waals surface area contributed by atoms with Crippen molar-refractivity contribution in [1.29, 1.82) is 0 Å². The second kappa shape index (κ2) is 6.34. The topological polar surface area (TPSA) is 91.8 Å². The van der Waals surface area contributed by atoms with Crippen LogP contribution in [-0.4, -0.2) is 53.9 Å². The average Bonchev–Trinajstić information content (AvgIpc) is 2.77. The molecule has 3 atom stereocenters. The van der Waals surface area contributed by atoms with E-state index in [4.69, 9.17) is 0 Å². The van der Waals surface area contributed by atoms with Crippen LogP contribution in [0.3, 0.4) is 0 Å². The van der Waals surface area contributed by atoms with Crippen molar-refractivity contribution in [2.24, 2.45) is 5.92 Å². The molecule has 0 bridgehead atoms. The van der Waals surface area contributed by atoms with Crippen molar-refractivity contribution in [3.63, 3.8) is 0 Å². The standard InChI is InChI=1S/C14H23NO5S/c1-2-7-21(19,20)9-13(16)15-11-6-4-3-5-10(11)8-12(15)14(17)18/h10-12H,2-9H2,1H3,(H,17,18)/t10-,11+,12+/m1/s1. The van der Waals surface area contributed by atoms with Crippen LogP contribution in [-0.2, 0) is 19.4 Å². The Bertz CT molecular complexity index is 515. The lowest BCUT2D eigenvalue weighted by Crippen LogP contribution is -2.48. The van der Waals surface area contributed by atoms with E-state index in [1.165, 1.54) is 4.90 Å². The van der Waals surface area contributed by atoms with E-state index >= 15 is 0 Å². The zero-order chi connectivity index (χ0) is 15.6. The Morgan fingerprint density at radius 1 is 1.24 bits per heavy atom. The van der Waals surface area contributed by atoms with Gasteiger partial charge in [0, 0.05) is 6.04 Å². The number of likely N-dealkylation sites (tertiary alicyclic amines) is 1. The molecule has 1 aliphatic heterocycles. The minimum absolute atomic E-state index is 0.0294. The molecule has 1 aliphatic carbocycles. The van der Waals surface area contributed by atoms with Gasteiger partial charge in [0.15, 0.2) is 9.84 Å². The SMILES string of the molecule is CCCS(=O)(=O)CC(=O)N1[C@H](C(=O)O)C[C@H]2CCCC[C@@H]21. The third-order valence-corrected chi connectivity index (χ3v) is 6.24. The van der Waals surface area contributed by atoms with Gasteiger partial charge in [-0.15, -0.1) is 0 Å². The zero-order valence-corrected chi connectivity index (χ0v) is 13.1. The molecular weight excluding hydrogens is 294 g/mol. The molecule has 6 nitrogen and oxygen atoms in total. The van der Waals surface area contributed by atoms with Gasteiger partial charge in [-0.05, 0) is 31.6 Å². The van der Waals surface area contributed by atoms with Crippen molar-refractivity contribution in [1.82, 2.24) is 4.90 Å². The summed E-state index contributed by atoms with van der Waals surface area (Å²) in [7, 11) is -3.44. The van der Waals surface area contributed by atoms with Crippen LogP contribution in [0.4, 0.5) is 0 Å². The minimum Gasteiger partial charge on any atom is -0.480 e. The van der Waals surface area contributed by atoms with Crippen LogP contribution in [0.25, 0.3) is 0 Å². The number of carbonyl (C=O) groups is 2. The van der Waals surface area contributed by atoms with Gasteiger partial charge in [-0.25, -0.2) is 13.2 Å². The largest absolute Gasteiger partial charge is 0.480 e. The number of fused-ring (bicyclic) bond motifs is 1. The van der Waals surface area contributed by atoms with E-state index in [0.29, 0.717) is 12.8 Å². The highest BCUT2D eigenvalue weighted by Gasteiger charge is 2.47. The number of carboxylic acids is 1. The highest BCUT2D eigenvalue weighted by atomic mass is 32.2. The maximum atomic E-state index is 12.4. The van der Waals surface area contributed by atoms with Crippen LogP contribution in [0.2, 0.25) is 0 Å². The first-order valence-electron chi connectivity index (χ1n) is 7.60. The number of hydrogen-bond acceptors (Lipinski definition) is 4. The quantitative estimate of drug-likeness (QED) is 0.818. The van der Waals surface area contributed by atoms with Gasteiger partial charge < -0.3 is 10.0 Å². The van der Waals surface area contributed by atoms with E-state index in [1.54, 1.807) is 6.92 Å². The molecule has 2 fully saturated rings. The fourth-order valence-electron chi connectivity index (χ4n) is 3.69. The van der Waals surface area contributed by atoms with Gasteiger partial charge in [0.05, 0.1) is 5.75 Å². The molecule has 120 valence electrons. The van der Waals surface area contributed by atoms with E-state index in [1.807, 2.05) is 0 Å². The number of amides is 1. The monoisotopic (exact) mass is 317 g/mol. The fraction of sp³-hybridized carbons (Fsp3) is 0.857. The summed E-state index contributed by atoms with van der Waals surface area (Å²) >= 11 is 0. The first kappa shape index (κ1) is 16.3. The van der Waals surface area contributed by atoms with Crippen molar-refractivity contribution < 1.29 is 23.1 Å². The van der Waals surface area contributed by atoms with Gasteiger partial charge in [0.1, 0.15) is 11.8 Å². The zero-order valence-electron chi connectivity index (χ0n) is 12.3. The second-order valence-corrected chi connectivity index (χ2v) is 8.28. The molecule has 1 saturated heterocycles. The first-order valence-corrected chi connectivity index (χ1v) is 9.42. The molecule has 7 heteroatoms. The van der Waals surface area contributed by atoms with Crippen molar-refractivity contribution in [2.75, 3.05) is 11.5 Å². The van der Waals surface area contributed by atoms with Crippen molar-refractivity contribution in [3.8, 4) is 0 Å². The van der Waals surface area contributed by atoms with Gasteiger partial charge in [-0.2, -0.15) is 0 Å². The lowest BCUT2D eigenvalue weighted by molar-refractivity contribution is -0.148. The Hall–Kier alpha value is -1.11. The highest BCUT2D eigenvalue weighted by molar-refractivity contribution is 7.92. The Kier molecular flexibility index (Phi) is 4.91. The van der Waals surface area contributed by atoms with Gasteiger partial charge in [0.2, 0.25) is 5.91 Å². The van der Waals surface area contributed by atoms with Gasteiger partial charge in [-0.3, -0.25) is 4.79 Å².